The van der Waals surface area contributed by atoms with Crippen LogP contribution in [0.15, 0.2) is 54.6 Å². The van der Waals surface area contributed by atoms with Gasteiger partial charge in [0.25, 0.3) is 0 Å². The van der Waals surface area contributed by atoms with E-state index in [2.05, 4.69) is 9.88 Å². The van der Waals surface area contributed by atoms with E-state index in [0.717, 1.165) is 36.6 Å². The van der Waals surface area contributed by atoms with Gasteiger partial charge < -0.3 is 38.2 Å². The summed E-state index contributed by atoms with van der Waals surface area (Å²) in [6.45, 7) is 9.69. The first-order valence-corrected chi connectivity index (χ1v) is 25.2. The van der Waals surface area contributed by atoms with Gasteiger partial charge in [-0.3, -0.25) is 9.80 Å². The molecule has 19 heteroatoms. The second-order valence-electron chi connectivity index (χ2n) is 21.2. The van der Waals surface area contributed by atoms with E-state index < -0.39 is 76.0 Å². The van der Waals surface area contributed by atoms with Crippen LogP contribution in [0.2, 0.25) is 0 Å². The van der Waals surface area contributed by atoms with Gasteiger partial charge >= 0.3 is 18.3 Å². The van der Waals surface area contributed by atoms with E-state index in [1.54, 1.807) is 86.0 Å². The van der Waals surface area contributed by atoms with Crippen LogP contribution in [0, 0.1) is 11.6 Å². The number of alkyl halides is 3. The van der Waals surface area contributed by atoms with E-state index in [1.807, 2.05) is 4.90 Å². The number of hydrogen-bond acceptors (Lipinski definition) is 13. The first-order chi connectivity index (χ1) is 35.0. The third-order valence-electron chi connectivity index (χ3n) is 15.3. The molecule has 2 aromatic heterocycles. The standard InChI is InChI=1S/C54H60F5N7O7/c1-29-48-39-20-15-33(66(39)52(67)73-53(2,3)4)26-65(48)49-42-47(61-51(62-49)71-28-35-14-13-34-27-70-22-21-64(34)35)45(56)46(60-50(42)72-29)38-23-40(44(55)41(32-11-12-32)43(38)54(57,58)59)63(24-30-7-16-36(68-5)17-8-30)25-31-9-18-37(69-6)19-10-31/h7-10,16-19,23,29,32-35,39,48H,11-15,20-22,24-28H2,1-6H3/t29-,33+,34-,35-,39-,48+/m0/s1. The third-order valence-corrected chi connectivity index (χ3v) is 15.3. The number of ether oxygens (including phenoxy) is 6. The number of morpholine rings is 1. The number of rotatable bonds is 12. The zero-order valence-electron chi connectivity index (χ0n) is 41.8. The lowest BCUT2D eigenvalue weighted by molar-refractivity contribution is -0.137. The van der Waals surface area contributed by atoms with Gasteiger partial charge in [0.05, 0.1) is 56.8 Å². The van der Waals surface area contributed by atoms with E-state index in [-0.39, 0.29) is 78.7 Å². The Kier molecular flexibility index (Phi) is 12.7. The summed E-state index contributed by atoms with van der Waals surface area (Å²) in [6, 6.07) is 14.0. The third kappa shape index (κ3) is 9.29. The topological polar surface area (TPSA) is 124 Å². The van der Waals surface area contributed by atoms with Gasteiger partial charge in [-0.15, -0.1) is 0 Å². The highest BCUT2D eigenvalue weighted by molar-refractivity contribution is 5.98. The molecule has 3 aromatic carbocycles. The number of piperazine rings is 1. The molecule has 6 aliphatic rings. The molecule has 1 aliphatic carbocycles. The van der Waals surface area contributed by atoms with Crippen LogP contribution >= 0.6 is 0 Å². The molecule has 0 spiro atoms. The van der Waals surface area contributed by atoms with Crippen molar-refractivity contribution in [2.24, 2.45) is 0 Å². The largest absolute Gasteiger partial charge is 0.497 e. The van der Waals surface area contributed by atoms with Crippen LogP contribution in [0.25, 0.3) is 22.2 Å². The molecule has 7 heterocycles. The lowest BCUT2D eigenvalue weighted by atomic mass is 9.92. The van der Waals surface area contributed by atoms with Gasteiger partial charge in [-0.25, -0.2) is 18.6 Å². The number of benzene rings is 3. The minimum Gasteiger partial charge on any atom is -0.497 e. The van der Waals surface area contributed by atoms with E-state index in [9.17, 15) is 4.79 Å². The van der Waals surface area contributed by atoms with Crippen molar-refractivity contribution in [2.75, 3.05) is 56.9 Å². The van der Waals surface area contributed by atoms with E-state index in [1.165, 1.54) is 14.2 Å². The lowest BCUT2D eigenvalue weighted by Crippen LogP contribution is -2.65. The fourth-order valence-corrected chi connectivity index (χ4v) is 11.8. The maximum Gasteiger partial charge on any atom is 0.417 e. The van der Waals surface area contributed by atoms with Gasteiger partial charge in [0.15, 0.2) is 11.6 Å². The van der Waals surface area contributed by atoms with Gasteiger partial charge in [0.2, 0.25) is 5.88 Å². The Bertz CT molecular complexity index is 2850. The Balaban J connectivity index is 1.09. The average molecular weight is 1010 g/mol. The molecule has 0 unspecified atom stereocenters. The number of amides is 1. The number of carbonyl (C=O) groups is 1. The Labute approximate surface area is 420 Å². The minimum absolute atomic E-state index is 0.00309. The van der Waals surface area contributed by atoms with Crippen LogP contribution in [-0.2, 0) is 28.7 Å². The van der Waals surface area contributed by atoms with Crippen molar-refractivity contribution in [1.82, 2.24) is 24.8 Å². The van der Waals surface area contributed by atoms with Crippen molar-refractivity contribution in [2.45, 2.75) is 133 Å². The summed E-state index contributed by atoms with van der Waals surface area (Å²) in [5, 5.41) is 0.0566. The summed E-state index contributed by atoms with van der Waals surface area (Å²) in [5.41, 5.74) is -3.07. The first-order valence-electron chi connectivity index (χ1n) is 25.2. The summed E-state index contributed by atoms with van der Waals surface area (Å²) in [4.78, 5) is 36.0. The molecule has 0 radical (unpaired) electrons. The van der Waals surface area contributed by atoms with Crippen molar-refractivity contribution >= 4 is 28.5 Å². The normalized spacial score (nSPS) is 23.7. The molecule has 0 N–H and O–H groups in total. The molecule has 4 saturated heterocycles. The van der Waals surface area contributed by atoms with Crippen molar-refractivity contribution < 1.29 is 55.2 Å². The number of pyridine rings is 1. The highest BCUT2D eigenvalue weighted by atomic mass is 19.4. The predicted molar refractivity (Wildman–Crippen MR) is 261 cm³/mol. The minimum atomic E-state index is -5.15. The molecule has 5 aliphatic heterocycles. The predicted octanol–water partition coefficient (Wildman–Crippen LogP) is 10.1. The molecule has 1 amide bonds. The maximum atomic E-state index is 18.3. The first kappa shape index (κ1) is 49.0. The number of carbonyl (C=O) groups excluding carboxylic acids is 1. The Hall–Kier alpha value is -6.21. The number of aromatic nitrogens is 3. The molecule has 2 bridgehead atoms. The fourth-order valence-electron chi connectivity index (χ4n) is 11.8. The summed E-state index contributed by atoms with van der Waals surface area (Å²) in [5.74, 6) is -1.77. The van der Waals surface area contributed by atoms with Crippen LogP contribution in [-0.4, -0.2) is 120 Å². The monoisotopic (exact) mass is 1010 g/mol. The molecule has 388 valence electrons. The van der Waals surface area contributed by atoms with E-state index in [0.29, 0.717) is 50.4 Å². The lowest BCUT2D eigenvalue weighted by Gasteiger charge is -2.48. The molecular weight excluding hydrogens is 954 g/mol. The van der Waals surface area contributed by atoms with Gasteiger partial charge in [-0.05, 0) is 114 Å². The Morgan fingerprint density at radius 2 is 1.52 bits per heavy atom. The van der Waals surface area contributed by atoms with Crippen LogP contribution < -0.4 is 28.7 Å². The van der Waals surface area contributed by atoms with Crippen LogP contribution in [0.4, 0.5) is 38.3 Å². The number of hydrogen-bond donors (Lipinski definition) is 0. The molecule has 5 aromatic rings. The highest BCUT2D eigenvalue weighted by Crippen LogP contribution is 2.54. The number of fused-ring (bicyclic) bond motifs is 6. The van der Waals surface area contributed by atoms with Crippen molar-refractivity contribution in [3.63, 3.8) is 0 Å². The molecular formula is C54H60F5N7O7. The average Bonchev–Trinajstić information content (AvgIpc) is 4.07. The quantitative estimate of drug-likeness (QED) is 0.110. The maximum absolute atomic E-state index is 18.3. The van der Waals surface area contributed by atoms with Crippen LogP contribution in [0.3, 0.4) is 0 Å². The summed E-state index contributed by atoms with van der Waals surface area (Å²) in [7, 11) is 3.08. The Morgan fingerprint density at radius 3 is 2.15 bits per heavy atom. The van der Waals surface area contributed by atoms with Gasteiger partial charge in [0.1, 0.15) is 52.2 Å². The number of halogens is 5. The summed E-state index contributed by atoms with van der Waals surface area (Å²) < 4.78 is 119. The second-order valence-corrected chi connectivity index (χ2v) is 21.2. The SMILES string of the molecule is COc1ccc(CN(Cc2ccc(OC)cc2)c2cc(-c3nc4c5c(nc(OC[C@@H]6CC[C@H]7COCCN76)nc5c3F)N3C[C@H]5CC[C@@H]([C@H]3[C@H](C)O4)N5C(=O)OC(C)(C)C)c(C(F)(F)F)c(C3CC3)c2F)cc1. The zero-order valence-corrected chi connectivity index (χ0v) is 41.8. The highest BCUT2D eigenvalue weighted by Gasteiger charge is 2.54. The molecule has 1 saturated carbocycles. The van der Waals surface area contributed by atoms with Gasteiger partial charge in [0, 0.05) is 49.4 Å². The van der Waals surface area contributed by atoms with Crippen molar-refractivity contribution in [1.29, 1.82) is 0 Å². The fraction of sp³-hybridized carbons (Fsp3) is 0.519. The van der Waals surface area contributed by atoms with Crippen molar-refractivity contribution in [3.05, 3.63) is 88.5 Å². The van der Waals surface area contributed by atoms with Gasteiger partial charge in [-0.1, -0.05) is 24.3 Å². The molecule has 14 nitrogen and oxygen atoms in total. The van der Waals surface area contributed by atoms with Crippen molar-refractivity contribution in [3.8, 4) is 34.6 Å². The molecule has 6 atom stereocenters. The Morgan fingerprint density at radius 1 is 0.849 bits per heavy atom. The van der Waals surface area contributed by atoms with Crippen LogP contribution in [0.5, 0.6) is 23.4 Å². The van der Waals surface area contributed by atoms with E-state index >= 15 is 22.0 Å². The van der Waals surface area contributed by atoms with Crippen LogP contribution in [0.1, 0.15) is 94.4 Å². The molecule has 5 fully saturated rings. The molecule has 73 heavy (non-hydrogen) atoms. The number of anilines is 2. The van der Waals surface area contributed by atoms with Gasteiger partial charge in [-0.2, -0.15) is 23.1 Å². The second kappa shape index (κ2) is 18.9. The van der Waals surface area contributed by atoms with E-state index in [4.69, 9.17) is 38.4 Å². The smallest absolute Gasteiger partial charge is 0.417 e. The molecule has 11 rings (SSSR count). The zero-order chi connectivity index (χ0) is 51.1. The summed E-state index contributed by atoms with van der Waals surface area (Å²) in [6.07, 6.45) is -2.77. The number of nitrogens with zero attached hydrogens (tertiary/aromatic N) is 7. The number of methoxy groups -OCH3 is 2. The summed E-state index contributed by atoms with van der Waals surface area (Å²) >= 11 is 0.